The van der Waals surface area contributed by atoms with E-state index < -0.39 is 10.0 Å². The van der Waals surface area contributed by atoms with Crippen LogP contribution in [0.2, 0.25) is 0 Å². The summed E-state index contributed by atoms with van der Waals surface area (Å²) in [6.45, 7) is 2.51. The van der Waals surface area contributed by atoms with Gasteiger partial charge in [-0.15, -0.1) is 11.3 Å². The number of pyridine rings is 1. The van der Waals surface area contributed by atoms with Gasteiger partial charge in [-0.2, -0.15) is 4.31 Å². The maximum absolute atomic E-state index is 12.6. The van der Waals surface area contributed by atoms with Crippen LogP contribution in [0, 0.1) is 0 Å². The predicted molar refractivity (Wildman–Crippen MR) is 97.6 cm³/mol. The third kappa shape index (κ3) is 3.28. The molecule has 1 fully saturated rings. The lowest BCUT2D eigenvalue weighted by molar-refractivity contribution is 0.180. The number of fused-ring (bicyclic) bond motifs is 1. The van der Waals surface area contributed by atoms with E-state index in [1.54, 1.807) is 30.6 Å². The average molecular weight is 391 g/mol. The van der Waals surface area contributed by atoms with Gasteiger partial charge in [-0.1, -0.05) is 0 Å². The third-order valence-corrected chi connectivity index (χ3v) is 6.98. The van der Waals surface area contributed by atoms with Gasteiger partial charge in [0.05, 0.1) is 5.69 Å². The summed E-state index contributed by atoms with van der Waals surface area (Å²) in [4.78, 5) is 23.5. The van der Waals surface area contributed by atoms with Crippen LogP contribution in [0.4, 0.5) is 0 Å². The first kappa shape index (κ1) is 17.3. The SMILES string of the molecule is O=c1cc(CN2CCN(S(=O)(=O)c3cccnc3)CC2)nc2sccn12. The fourth-order valence-electron chi connectivity index (χ4n) is 2.97. The molecule has 1 saturated heterocycles. The summed E-state index contributed by atoms with van der Waals surface area (Å²) >= 11 is 1.42. The van der Waals surface area contributed by atoms with Crippen molar-refractivity contribution in [2.45, 2.75) is 11.4 Å². The van der Waals surface area contributed by atoms with E-state index in [0.717, 1.165) is 0 Å². The first-order valence-electron chi connectivity index (χ1n) is 8.12. The van der Waals surface area contributed by atoms with Gasteiger partial charge in [0, 0.05) is 62.8 Å². The highest BCUT2D eigenvalue weighted by Gasteiger charge is 2.28. The molecule has 0 saturated carbocycles. The zero-order chi connectivity index (χ0) is 18.1. The summed E-state index contributed by atoms with van der Waals surface area (Å²) in [6.07, 6.45) is 4.63. The molecule has 0 N–H and O–H groups in total. The Morgan fingerprint density at radius 1 is 1.19 bits per heavy atom. The van der Waals surface area contributed by atoms with Crippen molar-refractivity contribution in [2.24, 2.45) is 0 Å². The van der Waals surface area contributed by atoms with E-state index in [9.17, 15) is 13.2 Å². The van der Waals surface area contributed by atoms with Gasteiger partial charge < -0.3 is 0 Å². The zero-order valence-electron chi connectivity index (χ0n) is 13.9. The topological polar surface area (TPSA) is 87.9 Å². The van der Waals surface area contributed by atoms with Gasteiger partial charge >= 0.3 is 0 Å². The molecular weight excluding hydrogens is 374 g/mol. The lowest BCUT2D eigenvalue weighted by Crippen LogP contribution is -2.48. The van der Waals surface area contributed by atoms with Gasteiger partial charge in [-0.05, 0) is 12.1 Å². The van der Waals surface area contributed by atoms with E-state index in [4.69, 9.17) is 0 Å². The number of rotatable bonds is 4. The normalized spacial score (nSPS) is 16.9. The first-order chi connectivity index (χ1) is 12.5. The van der Waals surface area contributed by atoms with Crippen LogP contribution in [0.5, 0.6) is 0 Å². The van der Waals surface area contributed by atoms with Crippen LogP contribution in [0.1, 0.15) is 5.69 Å². The molecule has 0 radical (unpaired) electrons. The molecule has 3 aromatic rings. The Balaban J connectivity index is 1.44. The molecule has 3 aromatic heterocycles. The van der Waals surface area contributed by atoms with Gasteiger partial charge in [0.25, 0.3) is 5.56 Å². The number of aromatic nitrogens is 3. The summed E-state index contributed by atoms with van der Waals surface area (Å²) in [6, 6.07) is 4.72. The van der Waals surface area contributed by atoms with Gasteiger partial charge in [0.1, 0.15) is 4.90 Å². The second-order valence-corrected chi connectivity index (χ2v) is 8.82. The molecule has 136 valence electrons. The molecule has 1 aliphatic rings. The molecule has 1 aliphatic heterocycles. The highest BCUT2D eigenvalue weighted by atomic mass is 32.2. The summed E-state index contributed by atoms with van der Waals surface area (Å²) in [5, 5.41) is 1.83. The van der Waals surface area contributed by atoms with Crippen LogP contribution < -0.4 is 5.56 Å². The molecule has 0 amide bonds. The quantitative estimate of drug-likeness (QED) is 0.649. The van der Waals surface area contributed by atoms with E-state index in [-0.39, 0.29) is 10.5 Å². The minimum absolute atomic E-state index is 0.0935. The summed E-state index contributed by atoms with van der Waals surface area (Å²) in [5.74, 6) is 0. The monoisotopic (exact) mass is 391 g/mol. The Morgan fingerprint density at radius 3 is 2.73 bits per heavy atom. The van der Waals surface area contributed by atoms with Crippen molar-refractivity contribution in [3.63, 3.8) is 0 Å². The van der Waals surface area contributed by atoms with Crippen LogP contribution in [-0.2, 0) is 16.6 Å². The number of sulfonamides is 1. The van der Waals surface area contributed by atoms with Crippen LogP contribution in [0.15, 0.2) is 51.9 Å². The van der Waals surface area contributed by atoms with Crippen molar-refractivity contribution >= 4 is 26.3 Å². The van der Waals surface area contributed by atoms with Crippen molar-refractivity contribution in [2.75, 3.05) is 26.2 Å². The smallest absolute Gasteiger partial charge is 0.258 e. The lowest BCUT2D eigenvalue weighted by Gasteiger charge is -2.33. The molecule has 4 heterocycles. The van der Waals surface area contributed by atoms with Crippen molar-refractivity contribution in [3.05, 3.63) is 58.2 Å². The Labute approximate surface area is 154 Å². The summed E-state index contributed by atoms with van der Waals surface area (Å²) in [7, 11) is -3.51. The highest BCUT2D eigenvalue weighted by molar-refractivity contribution is 7.89. The molecule has 0 spiro atoms. The van der Waals surface area contributed by atoms with E-state index >= 15 is 0 Å². The largest absolute Gasteiger partial charge is 0.295 e. The van der Waals surface area contributed by atoms with Crippen LogP contribution in [-0.4, -0.2) is 58.2 Å². The first-order valence-corrected chi connectivity index (χ1v) is 10.4. The number of thiazole rings is 1. The van der Waals surface area contributed by atoms with Crippen molar-refractivity contribution in [3.8, 4) is 0 Å². The predicted octanol–water partition coefficient (Wildman–Crippen LogP) is 0.657. The highest BCUT2D eigenvalue weighted by Crippen LogP contribution is 2.17. The average Bonchev–Trinajstić information content (AvgIpc) is 3.12. The maximum atomic E-state index is 12.6. The molecular formula is C16H17N5O3S2. The standard InChI is InChI=1S/C16H17N5O3S2/c22-15-10-13(18-16-21(15)8-9-25-16)12-19-4-6-20(7-5-19)26(23,24)14-2-1-3-17-11-14/h1-3,8-11H,4-7,12H2. The Hall–Kier alpha value is -2.14. The molecule has 4 rings (SSSR count). The van der Waals surface area contributed by atoms with E-state index in [2.05, 4.69) is 14.9 Å². The minimum atomic E-state index is -3.51. The Morgan fingerprint density at radius 2 is 2.00 bits per heavy atom. The molecule has 0 aromatic carbocycles. The van der Waals surface area contributed by atoms with Crippen molar-refractivity contribution < 1.29 is 8.42 Å². The van der Waals surface area contributed by atoms with Gasteiger partial charge in [0.15, 0.2) is 4.96 Å². The minimum Gasteiger partial charge on any atom is -0.295 e. The molecule has 8 nitrogen and oxygen atoms in total. The summed E-state index contributed by atoms with van der Waals surface area (Å²) < 4.78 is 28.3. The number of hydrogen-bond acceptors (Lipinski definition) is 7. The molecule has 0 aliphatic carbocycles. The van der Waals surface area contributed by atoms with Gasteiger partial charge in [0.2, 0.25) is 10.0 Å². The fraction of sp³-hybridized carbons (Fsp3) is 0.312. The van der Waals surface area contributed by atoms with E-state index in [1.165, 1.54) is 26.2 Å². The molecule has 10 heteroatoms. The number of nitrogens with zero attached hydrogens (tertiary/aromatic N) is 5. The van der Waals surface area contributed by atoms with Gasteiger partial charge in [-0.25, -0.2) is 13.4 Å². The second-order valence-electron chi connectivity index (χ2n) is 6.01. The fourth-order valence-corrected chi connectivity index (χ4v) is 5.10. The van der Waals surface area contributed by atoms with Crippen LogP contribution in [0.3, 0.4) is 0 Å². The number of piperazine rings is 1. The zero-order valence-corrected chi connectivity index (χ0v) is 15.5. The lowest BCUT2D eigenvalue weighted by atomic mass is 10.3. The summed E-state index contributed by atoms with van der Waals surface area (Å²) in [5.41, 5.74) is 0.616. The van der Waals surface area contributed by atoms with Gasteiger partial charge in [-0.3, -0.25) is 19.1 Å². The van der Waals surface area contributed by atoms with E-state index in [0.29, 0.717) is 43.4 Å². The molecule has 26 heavy (non-hydrogen) atoms. The molecule has 0 bridgehead atoms. The van der Waals surface area contributed by atoms with Crippen LogP contribution >= 0.6 is 11.3 Å². The molecule has 0 atom stereocenters. The Bertz CT molecular complexity index is 1070. The number of hydrogen-bond donors (Lipinski definition) is 0. The molecule has 0 unspecified atom stereocenters. The van der Waals surface area contributed by atoms with Crippen molar-refractivity contribution in [1.29, 1.82) is 0 Å². The third-order valence-electron chi connectivity index (χ3n) is 4.35. The van der Waals surface area contributed by atoms with Crippen molar-refractivity contribution in [1.82, 2.24) is 23.6 Å². The van der Waals surface area contributed by atoms with Crippen LogP contribution in [0.25, 0.3) is 4.96 Å². The Kier molecular flexibility index (Phi) is 4.57. The van der Waals surface area contributed by atoms with E-state index in [1.807, 2.05) is 5.38 Å². The second kappa shape index (κ2) is 6.88. The maximum Gasteiger partial charge on any atom is 0.258 e.